The van der Waals surface area contributed by atoms with Gasteiger partial charge in [0.05, 0.1) is 19.5 Å². The second kappa shape index (κ2) is 10.4. The molecule has 3 rings (SSSR count). The number of halogens is 2. The Morgan fingerprint density at radius 1 is 0.880 bits per heavy atom. The number of fused-ring (bicyclic) bond motifs is 1. The van der Waals surface area contributed by atoms with Crippen molar-refractivity contribution in [3.8, 4) is 0 Å². The first kappa shape index (κ1) is 21.5. The lowest BCUT2D eigenvalue weighted by atomic mass is 10.1. The number of benzene rings is 2. The zero-order chi connectivity index (χ0) is 16.1. The zero-order valence-corrected chi connectivity index (χ0v) is 16.4. The molecule has 0 fully saturated rings. The van der Waals surface area contributed by atoms with Crippen LogP contribution >= 0.6 is 0 Å². The van der Waals surface area contributed by atoms with Crippen LogP contribution in [0.4, 0.5) is 0 Å². The predicted octanol–water partition coefficient (Wildman–Crippen LogP) is -4.02. The summed E-state index contributed by atoms with van der Waals surface area (Å²) in [6.07, 6.45) is 0.948. The van der Waals surface area contributed by atoms with Crippen molar-refractivity contribution in [3.05, 3.63) is 66.0 Å². The Hall–Kier alpha value is -1.55. The fraction of sp³-hybridized carbons (Fsp3) is 0.350. The molecular formula is C20H27Cl2N3. The third kappa shape index (κ3) is 5.21. The van der Waals surface area contributed by atoms with Crippen molar-refractivity contribution in [3.63, 3.8) is 0 Å². The van der Waals surface area contributed by atoms with Gasteiger partial charge in [0.1, 0.15) is 13.1 Å². The number of H-pyrrole nitrogens is 1. The molecule has 136 valence electrons. The van der Waals surface area contributed by atoms with Crippen molar-refractivity contribution in [2.45, 2.75) is 26.8 Å². The summed E-state index contributed by atoms with van der Waals surface area (Å²) in [4.78, 5) is 5.27. The van der Waals surface area contributed by atoms with Gasteiger partial charge in [-0.15, -0.1) is 0 Å². The van der Waals surface area contributed by atoms with Crippen molar-refractivity contribution >= 4 is 11.0 Å². The normalized spacial score (nSPS) is 10.5. The summed E-state index contributed by atoms with van der Waals surface area (Å²) in [6, 6.07) is 19.3. The molecule has 0 aliphatic heterocycles. The molecule has 0 bridgehead atoms. The largest absolute Gasteiger partial charge is 1.00 e. The zero-order valence-electron chi connectivity index (χ0n) is 14.9. The van der Waals surface area contributed by atoms with Crippen LogP contribution in [-0.4, -0.2) is 24.6 Å². The molecule has 25 heavy (non-hydrogen) atoms. The van der Waals surface area contributed by atoms with E-state index >= 15 is 0 Å². The summed E-state index contributed by atoms with van der Waals surface area (Å²) in [5, 5.41) is 0. The highest BCUT2D eigenvalue weighted by Gasteiger charge is 2.19. The van der Waals surface area contributed by atoms with Crippen molar-refractivity contribution < 1.29 is 34.3 Å². The van der Waals surface area contributed by atoms with Crippen LogP contribution in [0.5, 0.6) is 0 Å². The lowest BCUT2D eigenvalue weighted by Crippen LogP contribution is -3.12. The van der Waals surface area contributed by atoms with Crippen LogP contribution in [0.1, 0.15) is 25.2 Å². The van der Waals surface area contributed by atoms with Gasteiger partial charge in [-0.1, -0.05) is 42.5 Å². The van der Waals surface area contributed by atoms with E-state index in [2.05, 4.69) is 78.0 Å². The van der Waals surface area contributed by atoms with Gasteiger partial charge in [0.2, 0.25) is 0 Å². The van der Waals surface area contributed by atoms with E-state index in [0.29, 0.717) is 0 Å². The number of quaternary nitrogens is 1. The first-order chi connectivity index (χ1) is 11.3. The number of para-hydroxylation sites is 2. The molecule has 2 N–H and O–H groups in total. The summed E-state index contributed by atoms with van der Waals surface area (Å²) >= 11 is 0. The van der Waals surface area contributed by atoms with Crippen molar-refractivity contribution in [2.24, 2.45) is 0 Å². The number of hydrogen-bond donors (Lipinski definition) is 2. The lowest BCUT2D eigenvalue weighted by molar-refractivity contribution is -0.914. The van der Waals surface area contributed by atoms with E-state index < -0.39 is 0 Å². The van der Waals surface area contributed by atoms with Crippen LogP contribution in [0.15, 0.2) is 54.6 Å². The fourth-order valence-electron chi connectivity index (χ4n) is 3.24. The van der Waals surface area contributed by atoms with Crippen LogP contribution in [0.25, 0.3) is 11.0 Å². The smallest absolute Gasteiger partial charge is 0.259 e. The second-order valence-electron chi connectivity index (χ2n) is 6.11. The van der Waals surface area contributed by atoms with E-state index in [1.54, 1.807) is 4.90 Å². The maximum atomic E-state index is 3.63. The summed E-state index contributed by atoms with van der Waals surface area (Å²) in [5.41, 5.74) is 3.89. The molecule has 3 nitrogen and oxygen atoms in total. The van der Waals surface area contributed by atoms with Crippen LogP contribution in [0, 0.1) is 0 Å². The highest BCUT2D eigenvalue weighted by molar-refractivity contribution is 5.71. The first-order valence-corrected chi connectivity index (χ1v) is 8.68. The molecule has 0 unspecified atom stereocenters. The van der Waals surface area contributed by atoms with Gasteiger partial charge in [-0.3, -0.25) is 0 Å². The Bertz CT molecular complexity index is 752. The Morgan fingerprint density at radius 2 is 1.52 bits per heavy atom. The molecule has 1 aromatic heterocycles. The molecule has 0 radical (unpaired) electrons. The van der Waals surface area contributed by atoms with Gasteiger partial charge in [-0.2, -0.15) is 0 Å². The van der Waals surface area contributed by atoms with E-state index in [4.69, 9.17) is 0 Å². The van der Waals surface area contributed by atoms with Crippen molar-refractivity contribution in [2.75, 3.05) is 19.6 Å². The molecule has 0 saturated carbocycles. The van der Waals surface area contributed by atoms with Crippen molar-refractivity contribution in [1.29, 1.82) is 0 Å². The summed E-state index contributed by atoms with van der Waals surface area (Å²) < 4.78 is 2.47. The maximum Gasteiger partial charge on any atom is 0.259 e. The molecule has 0 aliphatic rings. The summed E-state index contributed by atoms with van der Waals surface area (Å²) in [5.74, 6) is 1.30. The molecule has 5 heteroatoms. The van der Waals surface area contributed by atoms with E-state index in [0.717, 1.165) is 13.0 Å². The quantitative estimate of drug-likeness (QED) is 0.391. The molecular weight excluding hydrogens is 353 g/mol. The van der Waals surface area contributed by atoms with Gasteiger partial charge in [0.25, 0.3) is 5.82 Å². The van der Waals surface area contributed by atoms with E-state index in [1.807, 2.05) is 0 Å². The maximum absolute atomic E-state index is 3.63. The number of imidazole rings is 1. The molecule has 0 saturated heterocycles. The highest BCUT2D eigenvalue weighted by atomic mass is 35.5. The molecule has 0 spiro atoms. The predicted molar refractivity (Wildman–Crippen MR) is 94.7 cm³/mol. The Labute approximate surface area is 162 Å². The average molecular weight is 380 g/mol. The summed E-state index contributed by atoms with van der Waals surface area (Å²) in [7, 11) is 0. The van der Waals surface area contributed by atoms with Gasteiger partial charge in [0.15, 0.2) is 11.0 Å². The Morgan fingerprint density at radius 3 is 2.20 bits per heavy atom. The number of nitrogens with zero attached hydrogens (tertiary/aromatic N) is 1. The van der Waals surface area contributed by atoms with E-state index in [1.165, 1.54) is 42.1 Å². The number of nitrogens with one attached hydrogen (secondary N) is 2. The Kier molecular flexibility index (Phi) is 8.98. The number of hydrogen-bond acceptors (Lipinski definition) is 0. The number of likely N-dealkylation sites (N-methyl/N-ethyl adjacent to an activating group) is 1. The van der Waals surface area contributed by atoms with Gasteiger partial charge in [-0.05, 0) is 31.5 Å². The minimum absolute atomic E-state index is 0. The fourth-order valence-corrected chi connectivity index (χ4v) is 3.24. The number of rotatable bonds is 7. The number of aromatic nitrogens is 2. The molecule has 0 aliphatic carbocycles. The van der Waals surface area contributed by atoms with E-state index in [-0.39, 0.29) is 24.8 Å². The Balaban J connectivity index is 0.00000156. The SMILES string of the molecule is CC[NH+](CC)CC[n+]1c(Cc2ccccc2)[nH]c2ccccc21.[Cl-].[Cl-]. The van der Waals surface area contributed by atoms with Crippen molar-refractivity contribution in [1.82, 2.24) is 4.98 Å². The van der Waals surface area contributed by atoms with Gasteiger partial charge < -0.3 is 29.7 Å². The highest BCUT2D eigenvalue weighted by Crippen LogP contribution is 2.12. The monoisotopic (exact) mass is 379 g/mol. The van der Waals surface area contributed by atoms with Crippen LogP contribution in [-0.2, 0) is 13.0 Å². The minimum atomic E-state index is 0. The van der Waals surface area contributed by atoms with Crippen LogP contribution in [0.3, 0.4) is 0 Å². The van der Waals surface area contributed by atoms with Gasteiger partial charge >= 0.3 is 0 Å². The molecule has 1 heterocycles. The summed E-state index contributed by atoms with van der Waals surface area (Å²) in [6.45, 7) is 9.14. The number of aromatic amines is 1. The molecule has 0 amide bonds. The lowest BCUT2D eigenvalue weighted by Gasteiger charge is -2.14. The first-order valence-electron chi connectivity index (χ1n) is 8.68. The minimum Gasteiger partial charge on any atom is -1.00 e. The average Bonchev–Trinajstić information content (AvgIpc) is 2.94. The van der Waals surface area contributed by atoms with Gasteiger partial charge in [-0.25, -0.2) is 9.55 Å². The van der Waals surface area contributed by atoms with E-state index in [9.17, 15) is 0 Å². The molecule has 0 atom stereocenters. The standard InChI is InChI=1S/C20H25N3.2ClH/c1-3-22(4-2)14-15-23-19-13-9-8-12-18(19)21-20(23)16-17-10-6-5-7-11-17;;/h5-13H,3-4,14-16H2,1-2H3;2*1H. The van der Waals surface area contributed by atoms with Crippen LogP contribution in [0.2, 0.25) is 0 Å². The third-order valence-corrected chi connectivity index (χ3v) is 4.70. The van der Waals surface area contributed by atoms with Gasteiger partial charge in [0, 0.05) is 0 Å². The second-order valence-corrected chi connectivity index (χ2v) is 6.11. The molecule has 2 aromatic carbocycles. The van der Waals surface area contributed by atoms with Crippen LogP contribution < -0.4 is 34.3 Å². The topological polar surface area (TPSA) is 24.1 Å². The third-order valence-electron chi connectivity index (χ3n) is 4.70. The molecule has 3 aromatic rings.